The minimum absolute atomic E-state index is 0.982. The molecule has 1 aliphatic carbocycles. The van der Waals surface area contributed by atoms with E-state index in [1.165, 1.54) is 131 Å². The second kappa shape index (κ2) is 27.9. The lowest BCUT2D eigenvalue weighted by atomic mass is 9.85. The van der Waals surface area contributed by atoms with Crippen LogP contribution in [0.25, 0.3) is 89.0 Å². The van der Waals surface area contributed by atoms with Crippen LogP contribution in [0.15, 0.2) is 170 Å². The summed E-state index contributed by atoms with van der Waals surface area (Å²) >= 11 is 0. The molecule has 0 heterocycles. The molecule has 0 unspecified atom stereocenters. The van der Waals surface area contributed by atoms with Gasteiger partial charge in [0.2, 0.25) is 0 Å². The standard InChI is InChI=1S/C49H36.C5H12.C4H8.2C3H8.C2H6/c1-32-27-39(25-26-42(32)47-31-38-15-5-3-4-14-35(38)28-33(47)2)37-17-12-18-40(30-37)48-43-19-8-10-21-45(43)49(46-22-11-9-20-44(46)48)41-24-23-34-13-6-7-16-36(34)29-41;1-3-5-4-2;1-3-4-2;2*1-3-2;1-2/h4-31H,3H2,1-2H3;3-5H2,1-2H3;3-4H,1-2H3;2*3H2,1-2H3;1-2H3/b;;4-3-;;;. The van der Waals surface area contributed by atoms with Gasteiger partial charge in [0.05, 0.1) is 0 Å². The van der Waals surface area contributed by atoms with Gasteiger partial charge in [0.1, 0.15) is 0 Å². The molecule has 66 heavy (non-hydrogen) atoms. The number of fused-ring (bicyclic) bond motifs is 4. The van der Waals surface area contributed by atoms with Gasteiger partial charge in [-0.25, -0.2) is 0 Å². The average Bonchev–Trinajstić information content (AvgIpc) is 3.59. The zero-order valence-electron chi connectivity index (χ0n) is 42.6. The van der Waals surface area contributed by atoms with Crippen molar-refractivity contribution in [2.75, 3.05) is 0 Å². The molecule has 0 bridgehead atoms. The van der Waals surface area contributed by atoms with E-state index in [1.807, 2.05) is 39.8 Å². The predicted molar refractivity (Wildman–Crippen MR) is 302 cm³/mol. The van der Waals surface area contributed by atoms with Crippen LogP contribution in [-0.4, -0.2) is 0 Å². The Morgan fingerprint density at radius 2 is 0.848 bits per heavy atom. The van der Waals surface area contributed by atoms with E-state index in [4.69, 9.17) is 0 Å². The zero-order valence-corrected chi connectivity index (χ0v) is 42.6. The van der Waals surface area contributed by atoms with E-state index in [0.29, 0.717) is 0 Å². The summed E-state index contributed by atoms with van der Waals surface area (Å²) in [6.07, 6.45) is 20.5. The number of allylic oxidation sites excluding steroid dienone is 4. The van der Waals surface area contributed by atoms with Crippen molar-refractivity contribution in [2.45, 2.75) is 122 Å². The van der Waals surface area contributed by atoms with Gasteiger partial charge in [-0.3, -0.25) is 0 Å². The molecule has 0 N–H and O–H groups in total. The lowest BCUT2D eigenvalue weighted by Gasteiger charge is -2.18. The summed E-state index contributed by atoms with van der Waals surface area (Å²) in [5, 5.41) is 7.63. The molecule has 0 heteroatoms. The van der Waals surface area contributed by atoms with E-state index < -0.39 is 0 Å². The first kappa shape index (κ1) is 52.4. The van der Waals surface area contributed by atoms with E-state index in [2.05, 4.69) is 225 Å². The molecule has 0 aliphatic heterocycles. The maximum Gasteiger partial charge on any atom is -0.00262 e. The molecule has 0 saturated heterocycles. The Bertz CT molecular complexity index is 2760. The van der Waals surface area contributed by atoms with E-state index >= 15 is 0 Å². The maximum atomic E-state index is 2.38. The normalized spacial score (nSPS) is 11.1. The van der Waals surface area contributed by atoms with Gasteiger partial charge in [0.15, 0.2) is 0 Å². The zero-order chi connectivity index (χ0) is 47.8. The highest BCUT2D eigenvalue weighted by Gasteiger charge is 2.18. The molecule has 0 fully saturated rings. The van der Waals surface area contributed by atoms with Gasteiger partial charge in [-0.05, 0) is 151 Å². The highest BCUT2D eigenvalue weighted by Crippen LogP contribution is 2.45. The van der Waals surface area contributed by atoms with E-state index in [9.17, 15) is 0 Å². The first-order chi connectivity index (χ1) is 32.3. The molecule has 342 valence electrons. The molecular formula is C66H78. The first-order valence-electron chi connectivity index (χ1n) is 25.0. The lowest BCUT2D eigenvalue weighted by molar-refractivity contribution is 0.772. The Hall–Kier alpha value is -6.24. The van der Waals surface area contributed by atoms with Crippen molar-refractivity contribution >= 4 is 44.5 Å². The number of hydrogen-bond donors (Lipinski definition) is 0. The number of rotatable bonds is 6. The molecule has 9 rings (SSSR count). The van der Waals surface area contributed by atoms with Gasteiger partial charge in [-0.15, -0.1) is 0 Å². The molecule has 0 nitrogen and oxygen atoms in total. The fraction of sp³-hybridized carbons (Fsp3) is 0.273. The predicted octanol–water partition coefficient (Wildman–Crippen LogP) is 21.5. The minimum atomic E-state index is 0.982. The van der Waals surface area contributed by atoms with Crippen LogP contribution in [0.3, 0.4) is 0 Å². The average molecular weight is 871 g/mol. The lowest BCUT2D eigenvalue weighted by Crippen LogP contribution is -1.93. The highest BCUT2D eigenvalue weighted by atomic mass is 14.2. The summed E-state index contributed by atoms with van der Waals surface area (Å²) in [5.41, 5.74) is 15.3. The topological polar surface area (TPSA) is 0 Å². The second-order valence-electron chi connectivity index (χ2n) is 16.8. The number of aryl methyl sites for hydroxylation is 2. The van der Waals surface area contributed by atoms with Crippen LogP contribution in [0, 0.1) is 13.8 Å². The molecular weight excluding hydrogens is 793 g/mol. The van der Waals surface area contributed by atoms with Gasteiger partial charge in [-0.1, -0.05) is 251 Å². The van der Waals surface area contributed by atoms with E-state index in [0.717, 1.165) is 6.42 Å². The van der Waals surface area contributed by atoms with Crippen LogP contribution in [-0.2, 0) is 0 Å². The molecule has 8 aromatic rings. The van der Waals surface area contributed by atoms with Crippen LogP contribution >= 0.6 is 0 Å². The van der Waals surface area contributed by atoms with Crippen molar-refractivity contribution in [3.8, 4) is 44.5 Å². The van der Waals surface area contributed by atoms with Gasteiger partial charge in [0, 0.05) is 0 Å². The fourth-order valence-electron chi connectivity index (χ4n) is 8.24. The van der Waals surface area contributed by atoms with Crippen molar-refractivity contribution in [1.29, 1.82) is 0 Å². The molecule has 0 aromatic heterocycles. The van der Waals surface area contributed by atoms with Gasteiger partial charge in [0.25, 0.3) is 0 Å². The third-order valence-electron chi connectivity index (χ3n) is 11.3. The molecule has 0 spiro atoms. The quantitative estimate of drug-likeness (QED) is 0.115. The van der Waals surface area contributed by atoms with Crippen LogP contribution in [0.5, 0.6) is 0 Å². The molecule has 8 aromatic carbocycles. The Balaban J connectivity index is 0.000000489. The maximum absolute atomic E-state index is 2.38. The summed E-state index contributed by atoms with van der Waals surface area (Å²) in [4.78, 5) is 0. The van der Waals surface area contributed by atoms with Crippen LogP contribution in [0.2, 0.25) is 0 Å². The SMILES string of the molecule is C/C=C\C.CC.CCC.CCC.CCCCC.Cc1cc(-c2cccc(-c3c4ccccc4c(-c4ccc5ccccc5c4)c4ccccc34)c2)ccc1-c1cc2c(cc1C)C=CCC=C2. The third kappa shape index (κ3) is 13.4. The van der Waals surface area contributed by atoms with Crippen LogP contribution in [0.4, 0.5) is 0 Å². The van der Waals surface area contributed by atoms with Crippen molar-refractivity contribution in [1.82, 2.24) is 0 Å². The van der Waals surface area contributed by atoms with E-state index in [-0.39, 0.29) is 0 Å². The molecule has 1 aliphatic rings. The second-order valence-corrected chi connectivity index (χ2v) is 16.8. The summed E-state index contributed by atoms with van der Waals surface area (Å²) in [5.74, 6) is 0. The van der Waals surface area contributed by atoms with Crippen molar-refractivity contribution in [2.24, 2.45) is 0 Å². The Labute approximate surface area is 400 Å². The van der Waals surface area contributed by atoms with Gasteiger partial charge < -0.3 is 0 Å². The monoisotopic (exact) mass is 871 g/mol. The third-order valence-corrected chi connectivity index (χ3v) is 11.3. The van der Waals surface area contributed by atoms with Crippen LogP contribution in [0.1, 0.15) is 130 Å². The summed E-state index contributed by atoms with van der Waals surface area (Å²) in [6, 6.07) is 54.1. The highest BCUT2D eigenvalue weighted by molar-refractivity contribution is 6.21. The van der Waals surface area contributed by atoms with Crippen molar-refractivity contribution in [3.63, 3.8) is 0 Å². The fourth-order valence-corrected chi connectivity index (χ4v) is 8.24. The van der Waals surface area contributed by atoms with Gasteiger partial charge >= 0.3 is 0 Å². The molecule has 0 radical (unpaired) electrons. The van der Waals surface area contributed by atoms with E-state index in [1.54, 1.807) is 0 Å². The van der Waals surface area contributed by atoms with Crippen molar-refractivity contribution < 1.29 is 0 Å². The smallest absolute Gasteiger partial charge is 0.00262 e. The summed E-state index contributed by atoms with van der Waals surface area (Å²) in [7, 11) is 0. The Morgan fingerprint density at radius 1 is 0.409 bits per heavy atom. The number of unbranched alkanes of at least 4 members (excludes halogenated alkanes) is 2. The van der Waals surface area contributed by atoms with Crippen molar-refractivity contribution in [3.05, 3.63) is 192 Å². The van der Waals surface area contributed by atoms with Crippen LogP contribution < -0.4 is 0 Å². The minimum Gasteiger partial charge on any atom is -0.0919 e. The number of benzene rings is 8. The summed E-state index contributed by atoms with van der Waals surface area (Å²) < 4.78 is 0. The number of hydrogen-bond acceptors (Lipinski definition) is 0. The Morgan fingerprint density at radius 3 is 1.35 bits per heavy atom. The Kier molecular flexibility index (Phi) is 22.2. The summed E-state index contributed by atoms with van der Waals surface area (Å²) in [6.45, 7) is 25.4. The molecule has 0 atom stereocenters. The van der Waals surface area contributed by atoms with Gasteiger partial charge in [-0.2, -0.15) is 0 Å². The first-order valence-corrected chi connectivity index (χ1v) is 25.0. The largest absolute Gasteiger partial charge is 0.0919 e. The molecule has 0 amide bonds. The molecule has 0 saturated carbocycles.